The Morgan fingerprint density at radius 2 is 2.10 bits per heavy atom. The summed E-state index contributed by atoms with van der Waals surface area (Å²) in [7, 11) is -0.649. The Kier molecular flexibility index (Phi) is 4.02. The third-order valence-corrected chi connectivity index (χ3v) is 5.13. The Balaban J connectivity index is 2.35. The standard InChI is InChI=1S/C13H17FN4O2S/c1-9-11(14)6-10(7-12(9)15)21(19,20)18(3)8-13-16-4-5-17(13)2/h4-7H,8,15H2,1-3H3. The summed E-state index contributed by atoms with van der Waals surface area (Å²) in [4.78, 5) is 3.90. The van der Waals surface area contributed by atoms with E-state index in [1.54, 1.807) is 24.0 Å². The van der Waals surface area contributed by atoms with Crippen LogP contribution in [0.15, 0.2) is 29.4 Å². The lowest BCUT2D eigenvalue weighted by Crippen LogP contribution is -2.28. The summed E-state index contributed by atoms with van der Waals surface area (Å²) >= 11 is 0. The zero-order valence-electron chi connectivity index (χ0n) is 12.0. The van der Waals surface area contributed by atoms with Gasteiger partial charge in [-0.2, -0.15) is 4.31 Å². The number of anilines is 1. The Bertz CT molecular complexity index is 747. The Labute approximate surface area is 123 Å². The van der Waals surface area contributed by atoms with Gasteiger partial charge in [0.1, 0.15) is 11.6 Å². The van der Waals surface area contributed by atoms with E-state index < -0.39 is 15.8 Å². The molecule has 0 aliphatic rings. The van der Waals surface area contributed by atoms with Crippen LogP contribution in [0.2, 0.25) is 0 Å². The molecule has 1 aromatic heterocycles. The summed E-state index contributed by atoms with van der Waals surface area (Å²) < 4.78 is 41.4. The lowest BCUT2D eigenvalue weighted by molar-refractivity contribution is 0.450. The Morgan fingerprint density at radius 3 is 2.62 bits per heavy atom. The van der Waals surface area contributed by atoms with Crippen LogP contribution in [0.1, 0.15) is 11.4 Å². The highest BCUT2D eigenvalue weighted by atomic mass is 32.2. The molecule has 0 atom stereocenters. The average molecular weight is 312 g/mol. The lowest BCUT2D eigenvalue weighted by Gasteiger charge is -2.17. The number of sulfonamides is 1. The van der Waals surface area contributed by atoms with Crippen molar-refractivity contribution >= 4 is 15.7 Å². The molecule has 2 rings (SSSR count). The van der Waals surface area contributed by atoms with Crippen molar-refractivity contribution in [2.24, 2.45) is 7.05 Å². The van der Waals surface area contributed by atoms with Gasteiger partial charge in [0, 0.05) is 37.7 Å². The van der Waals surface area contributed by atoms with Gasteiger partial charge >= 0.3 is 0 Å². The van der Waals surface area contributed by atoms with Crippen LogP contribution in [0.3, 0.4) is 0 Å². The van der Waals surface area contributed by atoms with Crippen molar-refractivity contribution in [2.75, 3.05) is 12.8 Å². The number of nitrogens with two attached hydrogens (primary N) is 1. The van der Waals surface area contributed by atoms with E-state index in [1.165, 1.54) is 20.0 Å². The Hall–Kier alpha value is -1.93. The monoisotopic (exact) mass is 312 g/mol. The molecular formula is C13H17FN4O2S. The number of benzene rings is 1. The number of nitrogens with zero attached hydrogens (tertiary/aromatic N) is 3. The van der Waals surface area contributed by atoms with Crippen molar-refractivity contribution in [3.8, 4) is 0 Å². The fraction of sp³-hybridized carbons (Fsp3) is 0.308. The molecule has 2 N–H and O–H groups in total. The first-order valence-corrected chi connectivity index (χ1v) is 7.65. The first-order valence-electron chi connectivity index (χ1n) is 6.21. The van der Waals surface area contributed by atoms with E-state index in [0.29, 0.717) is 5.82 Å². The van der Waals surface area contributed by atoms with Crippen LogP contribution in [0, 0.1) is 12.7 Å². The number of hydrogen-bond donors (Lipinski definition) is 1. The largest absolute Gasteiger partial charge is 0.398 e. The van der Waals surface area contributed by atoms with Crippen molar-refractivity contribution in [1.82, 2.24) is 13.9 Å². The molecule has 0 amide bonds. The van der Waals surface area contributed by atoms with Crippen molar-refractivity contribution in [1.29, 1.82) is 0 Å². The smallest absolute Gasteiger partial charge is 0.243 e. The molecule has 0 aliphatic carbocycles. The average Bonchev–Trinajstić information content (AvgIpc) is 2.80. The highest BCUT2D eigenvalue weighted by Crippen LogP contribution is 2.23. The van der Waals surface area contributed by atoms with Crippen molar-refractivity contribution < 1.29 is 12.8 Å². The molecule has 0 bridgehead atoms. The van der Waals surface area contributed by atoms with Gasteiger partial charge in [-0.3, -0.25) is 0 Å². The molecule has 1 aromatic carbocycles. The van der Waals surface area contributed by atoms with Gasteiger partial charge in [-0.25, -0.2) is 17.8 Å². The summed E-state index contributed by atoms with van der Waals surface area (Å²) in [5, 5.41) is 0. The molecule has 0 saturated carbocycles. The van der Waals surface area contributed by atoms with Crippen LogP contribution in [0.4, 0.5) is 10.1 Å². The van der Waals surface area contributed by atoms with Crippen molar-refractivity contribution in [3.63, 3.8) is 0 Å². The van der Waals surface area contributed by atoms with E-state index in [9.17, 15) is 12.8 Å². The fourth-order valence-corrected chi connectivity index (χ4v) is 3.01. The Morgan fingerprint density at radius 1 is 1.43 bits per heavy atom. The van der Waals surface area contributed by atoms with Crippen LogP contribution in [0.5, 0.6) is 0 Å². The molecule has 0 fully saturated rings. The van der Waals surface area contributed by atoms with Gasteiger partial charge in [-0.1, -0.05) is 0 Å². The highest BCUT2D eigenvalue weighted by molar-refractivity contribution is 7.89. The molecule has 8 heteroatoms. The quantitative estimate of drug-likeness (QED) is 0.862. The van der Waals surface area contributed by atoms with E-state index >= 15 is 0 Å². The zero-order chi connectivity index (χ0) is 15.8. The maximum absolute atomic E-state index is 13.7. The second-order valence-electron chi connectivity index (χ2n) is 4.83. The second kappa shape index (κ2) is 5.45. The third kappa shape index (κ3) is 2.91. The van der Waals surface area contributed by atoms with Crippen LogP contribution >= 0.6 is 0 Å². The second-order valence-corrected chi connectivity index (χ2v) is 6.88. The maximum atomic E-state index is 13.7. The van der Waals surface area contributed by atoms with Crippen LogP contribution in [-0.2, 0) is 23.6 Å². The van der Waals surface area contributed by atoms with Gasteiger partial charge in [0.05, 0.1) is 11.4 Å². The van der Waals surface area contributed by atoms with Crippen molar-refractivity contribution in [3.05, 3.63) is 41.7 Å². The molecule has 2 aromatic rings. The van der Waals surface area contributed by atoms with Gasteiger partial charge in [0.25, 0.3) is 0 Å². The van der Waals surface area contributed by atoms with Crippen molar-refractivity contribution in [2.45, 2.75) is 18.4 Å². The molecule has 0 radical (unpaired) electrons. The number of hydrogen-bond acceptors (Lipinski definition) is 4. The summed E-state index contributed by atoms with van der Waals surface area (Å²) in [6.07, 6.45) is 3.30. The SMILES string of the molecule is Cc1c(N)cc(S(=O)(=O)N(C)Cc2nccn2C)cc1F. The van der Waals surface area contributed by atoms with E-state index in [0.717, 1.165) is 10.4 Å². The predicted octanol–water partition coefficient (Wildman–Crippen LogP) is 1.27. The fourth-order valence-electron chi connectivity index (χ4n) is 1.84. The molecule has 0 aliphatic heterocycles. The minimum Gasteiger partial charge on any atom is -0.398 e. The highest BCUT2D eigenvalue weighted by Gasteiger charge is 2.24. The van der Waals surface area contributed by atoms with E-state index in [2.05, 4.69) is 4.98 Å². The number of halogens is 1. The van der Waals surface area contributed by atoms with Gasteiger partial charge in [0.2, 0.25) is 10.0 Å². The first-order chi connectivity index (χ1) is 9.73. The summed E-state index contributed by atoms with van der Waals surface area (Å²) in [6.45, 7) is 1.58. The number of nitrogen functional groups attached to an aromatic ring is 1. The van der Waals surface area contributed by atoms with Gasteiger partial charge in [-0.05, 0) is 19.1 Å². The summed E-state index contributed by atoms with van der Waals surface area (Å²) in [6, 6.07) is 2.25. The lowest BCUT2D eigenvalue weighted by atomic mass is 10.2. The molecular weight excluding hydrogens is 295 g/mol. The summed E-state index contributed by atoms with van der Waals surface area (Å²) in [5.41, 5.74) is 5.99. The topological polar surface area (TPSA) is 81.2 Å². The minimum absolute atomic E-state index is 0.0846. The van der Waals surface area contributed by atoms with E-state index in [1.807, 2.05) is 0 Å². The summed E-state index contributed by atoms with van der Waals surface area (Å²) in [5.74, 6) is -0.0550. The molecule has 0 unspecified atom stereocenters. The van der Waals surface area contributed by atoms with Crippen LogP contribution < -0.4 is 5.73 Å². The molecule has 0 saturated heterocycles. The number of rotatable bonds is 4. The van der Waals surface area contributed by atoms with Gasteiger partial charge in [0.15, 0.2) is 0 Å². The van der Waals surface area contributed by atoms with Gasteiger partial charge in [-0.15, -0.1) is 0 Å². The van der Waals surface area contributed by atoms with Gasteiger partial charge < -0.3 is 10.3 Å². The molecule has 21 heavy (non-hydrogen) atoms. The normalized spacial score (nSPS) is 12.0. The van der Waals surface area contributed by atoms with Crippen LogP contribution in [-0.4, -0.2) is 29.3 Å². The third-order valence-electron chi connectivity index (χ3n) is 3.35. The molecule has 6 nitrogen and oxygen atoms in total. The molecule has 114 valence electrons. The van der Waals surface area contributed by atoms with E-state index in [-0.39, 0.29) is 22.7 Å². The predicted molar refractivity (Wildman–Crippen MR) is 77.4 cm³/mol. The molecule has 1 heterocycles. The molecule has 0 spiro atoms. The number of aryl methyl sites for hydroxylation is 1. The number of imidazole rings is 1. The first kappa shape index (κ1) is 15.5. The van der Waals surface area contributed by atoms with E-state index in [4.69, 9.17) is 5.73 Å². The maximum Gasteiger partial charge on any atom is 0.243 e. The van der Waals surface area contributed by atoms with Crippen LogP contribution in [0.25, 0.3) is 0 Å². The minimum atomic E-state index is -3.83. The number of aromatic nitrogens is 2. The zero-order valence-corrected chi connectivity index (χ0v) is 12.9.